The molecule has 5 nitrogen and oxygen atoms in total. The van der Waals surface area contributed by atoms with E-state index in [0.29, 0.717) is 15.7 Å². The first kappa shape index (κ1) is 16.0. The van der Waals surface area contributed by atoms with Crippen LogP contribution in [-0.4, -0.2) is 20.1 Å². The van der Waals surface area contributed by atoms with Gasteiger partial charge in [0.05, 0.1) is 11.0 Å². The van der Waals surface area contributed by atoms with Crippen LogP contribution < -0.4 is 10.5 Å². The van der Waals surface area contributed by atoms with E-state index in [1.54, 1.807) is 36.4 Å². The van der Waals surface area contributed by atoms with Gasteiger partial charge in [-0.15, -0.1) is 0 Å². The van der Waals surface area contributed by atoms with Crippen molar-refractivity contribution in [2.24, 2.45) is 0 Å². The number of rotatable bonds is 5. The molecule has 2 rings (SSSR count). The summed E-state index contributed by atoms with van der Waals surface area (Å²) >= 11 is 3.22. The Bertz CT molecular complexity index is 717. The Morgan fingerprint density at radius 2 is 1.86 bits per heavy atom. The lowest BCUT2D eigenvalue weighted by Crippen LogP contribution is -2.28. The largest absolute Gasteiger partial charge is 0.399 e. The van der Waals surface area contributed by atoms with E-state index in [1.807, 2.05) is 0 Å². The summed E-state index contributed by atoms with van der Waals surface area (Å²) in [4.78, 5) is 0.140. The molecule has 0 bridgehead atoms. The van der Waals surface area contributed by atoms with Crippen LogP contribution in [0.5, 0.6) is 0 Å². The fraction of sp³-hybridized carbons (Fsp3) is 0.143. The molecule has 2 aromatic carbocycles. The summed E-state index contributed by atoms with van der Waals surface area (Å²) in [7, 11) is -3.66. The molecule has 0 aliphatic rings. The first-order valence-electron chi connectivity index (χ1n) is 6.17. The number of aliphatic hydroxyl groups is 1. The smallest absolute Gasteiger partial charge is 0.240 e. The minimum atomic E-state index is -3.66. The van der Waals surface area contributed by atoms with Crippen molar-refractivity contribution < 1.29 is 13.5 Å². The second-order valence-corrected chi connectivity index (χ2v) is 7.17. The Morgan fingerprint density at radius 1 is 1.19 bits per heavy atom. The summed E-state index contributed by atoms with van der Waals surface area (Å²) in [5.74, 6) is 0. The van der Waals surface area contributed by atoms with Crippen LogP contribution in [-0.2, 0) is 10.0 Å². The topological polar surface area (TPSA) is 92.4 Å². The SMILES string of the molecule is Nc1ccc(C(O)CNS(=O)(=O)c2cccc(Br)c2)cc1. The molecule has 1 unspecified atom stereocenters. The quantitative estimate of drug-likeness (QED) is 0.702. The predicted molar refractivity (Wildman–Crippen MR) is 85.1 cm³/mol. The van der Waals surface area contributed by atoms with Gasteiger partial charge in [0.2, 0.25) is 10.0 Å². The van der Waals surface area contributed by atoms with E-state index in [9.17, 15) is 13.5 Å². The van der Waals surface area contributed by atoms with Crippen LogP contribution in [0.3, 0.4) is 0 Å². The van der Waals surface area contributed by atoms with Gasteiger partial charge in [-0.05, 0) is 35.9 Å². The summed E-state index contributed by atoms with van der Waals surface area (Å²) in [6.45, 7) is -0.112. The number of nitrogens with two attached hydrogens (primary N) is 1. The Morgan fingerprint density at radius 3 is 2.48 bits per heavy atom. The third-order valence-corrected chi connectivity index (χ3v) is 4.81. The molecule has 21 heavy (non-hydrogen) atoms. The summed E-state index contributed by atoms with van der Waals surface area (Å²) in [6.07, 6.45) is -0.937. The molecule has 0 heterocycles. The van der Waals surface area contributed by atoms with E-state index in [1.165, 1.54) is 12.1 Å². The predicted octanol–water partition coefficient (Wildman–Crippen LogP) is 2.04. The number of nitrogens with one attached hydrogen (secondary N) is 1. The minimum absolute atomic E-state index is 0.112. The maximum absolute atomic E-state index is 12.1. The molecule has 1 atom stereocenters. The van der Waals surface area contributed by atoms with Crippen LogP contribution in [0.4, 0.5) is 5.69 Å². The number of hydrogen-bond acceptors (Lipinski definition) is 4. The Kier molecular flexibility index (Phi) is 5.00. The summed E-state index contributed by atoms with van der Waals surface area (Å²) in [6, 6.07) is 13.0. The zero-order valence-corrected chi connectivity index (χ0v) is 13.4. The molecule has 112 valence electrons. The van der Waals surface area contributed by atoms with Gasteiger partial charge in [0, 0.05) is 16.7 Å². The van der Waals surface area contributed by atoms with E-state index in [4.69, 9.17) is 5.73 Å². The summed E-state index contributed by atoms with van der Waals surface area (Å²) in [5.41, 5.74) is 6.74. The number of aliphatic hydroxyl groups excluding tert-OH is 1. The molecular weight excluding hydrogens is 356 g/mol. The van der Waals surface area contributed by atoms with Gasteiger partial charge in [0.1, 0.15) is 0 Å². The number of halogens is 1. The highest BCUT2D eigenvalue weighted by molar-refractivity contribution is 9.10. The van der Waals surface area contributed by atoms with Crippen molar-refractivity contribution in [2.45, 2.75) is 11.0 Å². The van der Waals surface area contributed by atoms with E-state index < -0.39 is 16.1 Å². The fourth-order valence-electron chi connectivity index (χ4n) is 1.74. The summed E-state index contributed by atoms with van der Waals surface area (Å²) < 4.78 is 27.3. The molecule has 0 aromatic heterocycles. The molecule has 0 amide bonds. The third kappa shape index (κ3) is 4.28. The molecule has 7 heteroatoms. The van der Waals surface area contributed by atoms with Crippen LogP contribution in [0.15, 0.2) is 57.9 Å². The fourth-order valence-corrected chi connectivity index (χ4v) is 3.38. The average Bonchev–Trinajstić information content (AvgIpc) is 2.45. The van der Waals surface area contributed by atoms with Gasteiger partial charge in [-0.3, -0.25) is 0 Å². The first-order valence-corrected chi connectivity index (χ1v) is 8.45. The maximum atomic E-state index is 12.1. The highest BCUT2D eigenvalue weighted by Gasteiger charge is 2.16. The molecule has 0 aliphatic carbocycles. The van der Waals surface area contributed by atoms with Crippen molar-refractivity contribution in [3.8, 4) is 0 Å². The second kappa shape index (κ2) is 6.57. The van der Waals surface area contributed by atoms with Crippen molar-refractivity contribution in [1.29, 1.82) is 0 Å². The van der Waals surface area contributed by atoms with Crippen molar-refractivity contribution in [2.75, 3.05) is 12.3 Å². The van der Waals surface area contributed by atoms with Gasteiger partial charge in [0.15, 0.2) is 0 Å². The maximum Gasteiger partial charge on any atom is 0.240 e. The average molecular weight is 371 g/mol. The lowest BCUT2D eigenvalue weighted by atomic mass is 10.1. The van der Waals surface area contributed by atoms with Gasteiger partial charge < -0.3 is 10.8 Å². The highest BCUT2D eigenvalue weighted by atomic mass is 79.9. The van der Waals surface area contributed by atoms with Crippen LogP contribution in [0.1, 0.15) is 11.7 Å². The van der Waals surface area contributed by atoms with Crippen molar-refractivity contribution in [3.63, 3.8) is 0 Å². The molecule has 2 aromatic rings. The molecule has 0 fully saturated rings. The van der Waals surface area contributed by atoms with Gasteiger partial charge >= 0.3 is 0 Å². The normalized spacial score (nSPS) is 13.0. The zero-order valence-electron chi connectivity index (χ0n) is 11.0. The number of sulfonamides is 1. The van der Waals surface area contributed by atoms with E-state index in [2.05, 4.69) is 20.7 Å². The number of benzene rings is 2. The molecular formula is C14H15BrN2O3S. The van der Waals surface area contributed by atoms with Crippen LogP contribution in [0.2, 0.25) is 0 Å². The molecule has 0 spiro atoms. The monoisotopic (exact) mass is 370 g/mol. The number of anilines is 1. The Hall–Kier alpha value is -1.41. The Balaban J connectivity index is 2.06. The lowest BCUT2D eigenvalue weighted by Gasteiger charge is -2.13. The summed E-state index contributed by atoms with van der Waals surface area (Å²) in [5, 5.41) is 10.00. The third-order valence-electron chi connectivity index (χ3n) is 2.89. The molecule has 0 radical (unpaired) electrons. The second-order valence-electron chi connectivity index (χ2n) is 4.49. The molecule has 0 saturated carbocycles. The highest BCUT2D eigenvalue weighted by Crippen LogP contribution is 2.18. The minimum Gasteiger partial charge on any atom is -0.399 e. The molecule has 4 N–H and O–H groups in total. The van der Waals surface area contributed by atoms with Crippen LogP contribution >= 0.6 is 15.9 Å². The van der Waals surface area contributed by atoms with Gasteiger partial charge in [-0.2, -0.15) is 0 Å². The number of nitrogen functional groups attached to an aromatic ring is 1. The molecule has 0 aliphatic heterocycles. The van der Waals surface area contributed by atoms with Crippen LogP contribution in [0.25, 0.3) is 0 Å². The number of hydrogen-bond donors (Lipinski definition) is 3. The van der Waals surface area contributed by atoms with Gasteiger partial charge in [-0.1, -0.05) is 34.1 Å². The van der Waals surface area contributed by atoms with E-state index in [-0.39, 0.29) is 11.4 Å². The van der Waals surface area contributed by atoms with Gasteiger partial charge in [-0.25, -0.2) is 13.1 Å². The first-order chi connectivity index (χ1) is 9.88. The van der Waals surface area contributed by atoms with Crippen molar-refractivity contribution in [3.05, 3.63) is 58.6 Å². The molecule has 0 saturated heterocycles. The lowest BCUT2D eigenvalue weighted by molar-refractivity contribution is 0.182. The van der Waals surface area contributed by atoms with E-state index >= 15 is 0 Å². The van der Waals surface area contributed by atoms with Gasteiger partial charge in [0.25, 0.3) is 0 Å². The zero-order chi connectivity index (χ0) is 15.5. The van der Waals surface area contributed by atoms with E-state index in [0.717, 1.165) is 0 Å². The Labute approximate surface area is 132 Å². The van der Waals surface area contributed by atoms with Crippen LogP contribution in [0, 0.1) is 0 Å². The standard InChI is InChI=1S/C14H15BrN2O3S/c15-11-2-1-3-13(8-11)21(19,20)17-9-14(18)10-4-6-12(16)7-5-10/h1-8,14,17-18H,9,16H2. The van der Waals surface area contributed by atoms with Crippen molar-refractivity contribution in [1.82, 2.24) is 4.72 Å². The van der Waals surface area contributed by atoms with Crippen molar-refractivity contribution >= 4 is 31.6 Å².